The van der Waals surface area contributed by atoms with Crippen molar-refractivity contribution in [2.75, 3.05) is 5.32 Å². The van der Waals surface area contributed by atoms with E-state index in [1.165, 1.54) is 16.2 Å². The number of amides is 2. The number of carbonyl (C=O) groups is 2. The molecule has 0 aliphatic heterocycles. The number of anilines is 1. The molecule has 2 aromatic rings. The minimum absolute atomic E-state index is 0.198. The molecule has 1 unspecified atom stereocenters. The van der Waals surface area contributed by atoms with E-state index in [9.17, 15) is 9.59 Å². The zero-order valence-electron chi connectivity index (χ0n) is 15.8. The molecule has 1 atom stereocenters. The van der Waals surface area contributed by atoms with E-state index in [1.807, 2.05) is 25.1 Å². The van der Waals surface area contributed by atoms with Crippen molar-refractivity contribution in [3.8, 4) is 0 Å². The SMILES string of the molecule is Cc1ccccc1C(=O)Nc1sc2c(c1C(N)=O)CCC(C(C)(C)C)C2. The molecule has 138 valence electrons. The number of hydrogen-bond donors (Lipinski definition) is 2. The van der Waals surface area contributed by atoms with Crippen molar-refractivity contribution in [2.45, 2.75) is 47.0 Å². The topological polar surface area (TPSA) is 72.2 Å². The number of benzene rings is 1. The van der Waals surface area contributed by atoms with Gasteiger partial charge in [-0.1, -0.05) is 39.0 Å². The lowest BCUT2D eigenvalue weighted by molar-refractivity contribution is 0.1000. The predicted octanol–water partition coefficient (Wildman–Crippen LogP) is 4.56. The largest absolute Gasteiger partial charge is 0.365 e. The summed E-state index contributed by atoms with van der Waals surface area (Å²) in [6, 6.07) is 7.43. The fourth-order valence-electron chi connectivity index (χ4n) is 3.67. The van der Waals surface area contributed by atoms with Crippen molar-refractivity contribution in [3.05, 3.63) is 51.4 Å². The van der Waals surface area contributed by atoms with Gasteiger partial charge in [0.1, 0.15) is 5.00 Å². The lowest BCUT2D eigenvalue weighted by Gasteiger charge is -2.33. The molecular formula is C21H26N2O2S. The van der Waals surface area contributed by atoms with Gasteiger partial charge < -0.3 is 11.1 Å². The number of hydrogen-bond acceptors (Lipinski definition) is 3. The van der Waals surface area contributed by atoms with E-state index in [2.05, 4.69) is 26.1 Å². The van der Waals surface area contributed by atoms with Gasteiger partial charge in [-0.15, -0.1) is 11.3 Å². The molecule has 5 heteroatoms. The van der Waals surface area contributed by atoms with Gasteiger partial charge in [0.2, 0.25) is 0 Å². The van der Waals surface area contributed by atoms with Crippen LogP contribution in [-0.2, 0) is 12.8 Å². The lowest BCUT2D eigenvalue weighted by atomic mass is 9.72. The normalized spacial score (nSPS) is 16.8. The van der Waals surface area contributed by atoms with Gasteiger partial charge in [0, 0.05) is 10.4 Å². The fraction of sp³-hybridized carbons (Fsp3) is 0.429. The van der Waals surface area contributed by atoms with Crippen molar-refractivity contribution >= 4 is 28.2 Å². The second-order valence-electron chi connectivity index (χ2n) is 8.15. The Bertz CT molecular complexity index is 861. The van der Waals surface area contributed by atoms with Crippen LogP contribution < -0.4 is 11.1 Å². The summed E-state index contributed by atoms with van der Waals surface area (Å²) in [7, 11) is 0. The van der Waals surface area contributed by atoms with Crippen LogP contribution in [0.25, 0.3) is 0 Å². The molecule has 0 saturated heterocycles. The third-order valence-corrected chi connectivity index (χ3v) is 6.52. The molecule has 2 amide bonds. The molecule has 26 heavy (non-hydrogen) atoms. The van der Waals surface area contributed by atoms with Gasteiger partial charge in [0.05, 0.1) is 5.56 Å². The first-order chi connectivity index (χ1) is 12.2. The third kappa shape index (κ3) is 3.54. The maximum absolute atomic E-state index is 12.7. The summed E-state index contributed by atoms with van der Waals surface area (Å²) in [5.74, 6) is -0.0948. The molecule has 1 aromatic carbocycles. The molecule has 1 heterocycles. The smallest absolute Gasteiger partial charge is 0.256 e. The van der Waals surface area contributed by atoms with E-state index in [0.717, 1.165) is 30.4 Å². The second-order valence-corrected chi connectivity index (χ2v) is 9.25. The number of thiophene rings is 1. The summed E-state index contributed by atoms with van der Waals surface area (Å²) in [6.45, 7) is 8.67. The van der Waals surface area contributed by atoms with E-state index in [4.69, 9.17) is 5.73 Å². The maximum Gasteiger partial charge on any atom is 0.256 e. The molecule has 3 rings (SSSR count). The van der Waals surface area contributed by atoms with Crippen molar-refractivity contribution in [1.29, 1.82) is 0 Å². The van der Waals surface area contributed by atoms with Crippen LogP contribution >= 0.6 is 11.3 Å². The Morgan fingerprint density at radius 1 is 1.23 bits per heavy atom. The summed E-state index contributed by atoms with van der Waals surface area (Å²) >= 11 is 1.51. The van der Waals surface area contributed by atoms with E-state index >= 15 is 0 Å². The molecular weight excluding hydrogens is 344 g/mol. The average Bonchev–Trinajstić information content (AvgIpc) is 2.91. The molecule has 1 aliphatic carbocycles. The lowest BCUT2D eigenvalue weighted by Crippen LogP contribution is -2.27. The second kappa shape index (κ2) is 6.88. The van der Waals surface area contributed by atoms with Crippen molar-refractivity contribution in [3.63, 3.8) is 0 Å². The molecule has 3 N–H and O–H groups in total. The number of primary amides is 1. The van der Waals surface area contributed by atoms with Gasteiger partial charge in [-0.05, 0) is 54.7 Å². The van der Waals surface area contributed by atoms with E-state index in [-0.39, 0.29) is 11.3 Å². The first-order valence-electron chi connectivity index (χ1n) is 8.99. The number of rotatable bonds is 3. The number of carbonyl (C=O) groups excluding carboxylic acids is 2. The van der Waals surface area contributed by atoms with Crippen molar-refractivity contribution < 1.29 is 9.59 Å². The monoisotopic (exact) mass is 370 g/mol. The summed E-state index contributed by atoms with van der Waals surface area (Å²) < 4.78 is 0. The van der Waals surface area contributed by atoms with E-state index < -0.39 is 5.91 Å². The Morgan fingerprint density at radius 3 is 2.54 bits per heavy atom. The highest BCUT2D eigenvalue weighted by Crippen LogP contribution is 2.44. The molecule has 0 fully saturated rings. The first kappa shape index (κ1) is 18.6. The van der Waals surface area contributed by atoms with E-state index in [1.54, 1.807) is 6.07 Å². The van der Waals surface area contributed by atoms with Crippen LogP contribution in [0.4, 0.5) is 5.00 Å². The molecule has 0 bridgehead atoms. The Kier molecular flexibility index (Phi) is 4.93. The highest BCUT2D eigenvalue weighted by molar-refractivity contribution is 7.17. The Balaban J connectivity index is 1.94. The van der Waals surface area contributed by atoms with Crippen LogP contribution in [0.5, 0.6) is 0 Å². The molecule has 1 aromatic heterocycles. The number of nitrogens with one attached hydrogen (secondary N) is 1. The van der Waals surface area contributed by atoms with Gasteiger partial charge in [-0.25, -0.2) is 0 Å². The number of aryl methyl sites for hydroxylation is 1. The first-order valence-corrected chi connectivity index (χ1v) is 9.81. The van der Waals surface area contributed by atoms with Crippen LogP contribution in [0.2, 0.25) is 0 Å². The highest BCUT2D eigenvalue weighted by atomic mass is 32.1. The van der Waals surface area contributed by atoms with Gasteiger partial charge in [-0.3, -0.25) is 9.59 Å². The number of fused-ring (bicyclic) bond motifs is 1. The van der Waals surface area contributed by atoms with Gasteiger partial charge in [0.15, 0.2) is 0 Å². The van der Waals surface area contributed by atoms with Crippen LogP contribution in [0.15, 0.2) is 24.3 Å². The van der Waals surface area contributed by atoms with Crippen LogP contribution in [0.3, 0.4) is 0 Å². The van der Waals surface area contributed by atoms with Gasteiger partial charge in [0.25, 0.3) is 11.8 Å². The van der Waals surface area contributed by atoms with E-state index in [0.29, 0.717) is 22.0 Å². The quantitative estimate of drug-likeness (QED) is 0.831. The maximum atomic E-state index is 12.7. The molecule has 1 aliphatic rings. The Hall–Kier alpha value is -2.14. The minimum atomic E-state index is -0.461. The predicted molar refractivity (Wildman–Crippen MR) is 107 cm³/mol. The molecule has 0 saturated carbocycles. The average molecular weight is 371 g/mol. The van der Waals surface area contributed by atoms with Crippen molar-refractivity contribution in [1.82, 2.24) is 0 Å². The zero-order valence-corrected chi connectivity index (χ0v) is 16.6. The van der Waals surface area contributed by atoms with Crippen LogP contribution in [0, 0.1) is 18.3 Å². The summed E-state index contributed by atoms with van der Waals surface area (Å²) in [5.41, 5.74) is 8.93. The standard InChI is InChI=1S/C21H26N2O2S/c1-12-7-5-6-8-14(12)19(25)23-20-17(18(22)24)15-10-9-13(21(2,3)4)11-16(15)26-20/h5-8,13H,9-11H2,1-4H3,(H2,22,24)(H,23,25). The Morgan fingerprint density at radius 2 is 1.92 bits per heavy atom. The number of nitrogens with two attached hydrogens (primary N) is 1. The van der Waals surface area contributed by atoms with Crippen molar-refractivity contribution in [2.24, 2.45) is 17.1 Å². The summed E-state index contributed by atoms with van der Waals surface area (Å²) in [5, 5.41) is 3.53. The summed E-state index contributed by atoms with van der Waals surface area (Å²) in [6.07, 6.45) is 2.81. The highest BCUT2D eigenvalue weighted by Gasteiger charge is 2.33. The molecule has 0 spiro atoms. The van der Waals surface area contributed by atoms with Gasteiger partial charge >= 0.3 is 0 Å². The molecule has 0 radical (unpaired) electrons. The third-order valence-electron chi connectivity index (χ3n) is 5.35. The zero-order chi connectivity index (χ0) is 19.1. The Labute approximate surface area is 158 Å². The molecule has 4 nitrogen and oxygen atoms in total. The van der Waals surface area contributed by atoms with Crippen LogP contribution in [0.1, 0.15) is 63.9 Å². The summed E-state index contributed by atoms with van der Waals surface area (Å²) in [4.78, 5) is 26.0. The van der Waals surface area contributed by atoms with Gasteiger partial charge in [-0.2, -0.15) is 0 Å². The fourth-order valence-corrected chi connectivity index (χ4v) is 5.00. The minimum Gasteiger partial charge on any atom is -0.365 e. The van der Waals surface area contributed by atoms with Crippen LogP contribution in [-0.4, -0.2) is 11.8 Å².